The zero-order valence-electron chi connectivity index (χ0n) is 13.2. The standard InChI is InChI=1S/C13H16N4O6S/c1-8-6-10(16-23-8)15-11(18)7-17(3)13(19)9-4-5-12(22-9)24(20,21)14-2/h4-6,14H,7H2,1-3H3,(H,15,16,18). The highest BCUT2D eigenvalue weighted by atomic mass is 32.2. The number of amides is 2. The Morgan fingerprint density at radius 3 is 2.62 bits per heavy atom. The maximum absolute atomic E-state index is 12.2. The Labute approximate surface area is 137 Å². The Hall–Kier alpha value is -2.66. The van der Waals surface area contributed by atoms with E-state index >= 15 is 0 Å². The van der Waals surface area contributed by atoms with Gasteiger partial charge in [-0.15, -0.1) is 0 Å². The van der Waals surface area contributed by atoms with Crippen LogP contribution in [0, 0.1) is 6.92 Å². The van der Waals surface area contributed by atoms with E-state index < -0.39 is 21.8 Å². The van der Waals surface area contributed by atoms with Crippen LogP contribution >= 0.6 is 0 Å². The zero-order chi connectivity index (χ0) is 17.9. The number of likely N-dealkylation sites (N-methyl/N-ethyl adjacent to an activating group) is 1. The molecule has 0 atom stereocenters. The van der Waals surface area contributed by atoms with Gasteiger partial charge in [-0.25, -0.2) is 13.1 Å². The van der Waals surface area contributed by atoms with Crippen LogP contribution in [0.15, 0.2) is 32.2 Å². The summed E-state index contributed by atoms with van der Waals surface area (Å²) in [6, 6.07) is 3.91. The first kappa shape index (κ1) is 17.7. The molecule has 2 heterocycles. The molecule has 0 unspecified atom stereocenters. The van der Waals surface area contributed by atoms with Crippen molar-refractivity contribution in [2.75, 3.05) is 26.0 Å². The Balaban J connectivity index is 2.00. The molecule has 0 radical (unpaired) electrons. The molecule has 2 aromatic rings. The monoisotopic (exact) mass is 356 g/mol. The van der Waals surface area contributed by atoms with Gasteiger partial charge in [-0.2, -0.15) is 0 Å². The SMILES string of the molecule is CNS(=O)(=O)c1ccc(C(=O)N(C)CC(=O)Nc2cc(C)on2)o1. The first-order chi connectivity index (χ1) is 11.2. The molecule has 2 N–H and O–H groups in total. The minimum Gasteiger partial charge on any atom is -0.438 e. The lowest BCUT2D eigenvalue weighted by Gasteiger charge is -2.14. The number of anilines is 1. The van der Waals surface area contributed by atoms with Gasteiger partial charge in [0.2, 0.25) is 11.0 Å². The Kier molecular flexibility index (Phi) is 5.04. The van der Waals surface area contributed by atoms with Gasteiger partial charge in [-0.1, -0.05) is 5.16 Å². The van der Waals surface area contributed by atoms with Gasteiger partial charge >= 0.3 is 0 Å². The number of nitrogens with zero attached hydrogens (tertiary/aromatic N) is 2. The normalized spacial score (nSPS) is 11.3. The lowest BCUT2D eigenvalue weighted by Crippen LogP contribution is -2.34. The average molecular weight is 356 g/mol. The highest BCUT2D eigenvalue weighted by Gasteiger charge is 2.22. The predicted octanol–water partition coefficient (Wildman–Crippen LogP) is 0.195. The van der Waals surface area contributed by atoms with Crippen LogP contribution in [0.2, 0.25) is 0 Å². The molecule has 11 heteroatoms. The lowest BCUT2D eigenvalue weighted by atomic mass is 10.4. The quantitative estimate of drug-likeness (QED) is 0.754. The molecule has 0 saturated heterocycles. The molecule has 130 valence electrons. The van der Waals surface area contributed by atoms with Crippen molar-refractivity contribution < 1.29 is 26.9 Å². The maximum Gasteiger partial charge on any atom is 0.289 e. The van der Waals surface area contributed by atoms with Crippen molar-refractivity contribution in [3.8, 4) is 0 Å². The second-order valence-electron chi connectivity index (χ2n) is 4.86. The molecule has 2 amide bonds. The van der Waals surface area contributed by atoms with E-state index in [2.05, 4.69) is 15.2 Å². The van der Waals surface area contributed by atoms with E-state index in [-0.39, 0.29) is 23.2 Å². The highest BCUT2D eigenvalue weighted by molar-refractivity contribution is 7.89. The summed E-state index contributed by atoms with van der Waals surface area (Å²) in [7, 11) is -1.18. The molecule has 2 aromatic heterocycles. The fourth-order valence-corrected chi connectivity index (χ4v) is 2.41. The highest BCUT2D eigenvalue weighted by Crippen LogP contribution is 2.15. The second kappa shape index (κ2) is 6.84. The molecular weight excluding hydrogens is 340 g/mol. The molecule has 0 fully saturated rings. The number of sulfonamides is 1. The molecular formula is C13H16N4O6S. The minimum atomic E-state index is -3.78. The van der Waals surface area contributed by atoms with Crippen LogP contribution in [0.25, 0.3) is 0 Å². The Morgan fingerprint density at radius 1 is 1.33 bits per heavy atom. The van der Waals surface area contributed by atoms with E-state index in [0.717, 1.165) is 11.0 Å². The molecule has 0 aliphatic heterocycles. The van der Waals surface area contributed by atoms with Crippen molar-refractivity contribution in [1.82, 2.24) is 14.8 Å². The first-order valence-corrected chi connectivity index (χ1v) is 8.23. The fourth-order valence-electron chi connectivity index (χ4n) is 1.76. The number of aryl methyl sites for hydroxylation is 1. The number of hydrogen-bond donors (Lipinski definition) is 2. The summed E-state index contributed by atoms with van der Waals surface area (Å²) in [5.41, 5.74) is 0. The predicted molar refractivity (Wildman–Crippen MR) is 81.8 cm³/mol. The summed E-state index contributed by atoms with van der Waals surface area (Å²) in [6.45, 7) is 1.39. The van der Waals surface area contributed by atoms with Crippen LogP contribution in [0.5, 0.6) is 0 Å². The van der Waals surface area contributed by atoms with Gasteiger partial charge < -0.3 is 19.2 Å². The summed E-state index contributed by atoms with van der Waals surface area (Å²) in [5.74, 6) is -0.563. The maximum atomic E-state index is 12.2. The second-order valence-corrected chi connectivity index (χ2v) is 6.68. The largest absolute Gasteiger partial charge is 0.438 e. The molecule has 10 nitrogen and oxygen atoms in total. The fraction of sp³-hybridized carbons (Fsp3) is 0.308. The molecule has 0 aliphatic carbocycles. The third kappa shape index (κ3) is 4.00. The molecule has 0 spiro atoms. The summed E-state index contributed by atoms with van der Waals surface area (Å²) >= 11 is 0. The van der Waals surface area contributed by atoms with E-state index in [1.54, 1.807) is 6.92 Å². The van der Waals surface area contributed by atoms with Crippen molar-refractivity contribution in [1.29, 1.82) is 0 Å². The third-order valence-electron chi connectivity index (χ3n) is 2.95. The van der Waals surface area contributed by atoms with Gasteiger partial charge in [0.05, 0.1) is 0 Å². The summed E-state index contributed by atoms with van der Waals surface area (Å²) in [6.07, 6.45) is 0. The van der Waals surface area contributed by atoms with Gasteiger partial charge in [0.25, 0.3) is 15.9 Å². The van der Waals surface area contributed by atoms with Crippen LogP contribution in [0.1, 0.15) is 16.3 Å². The molecule has 24 heavy (non-hydrogen) atoms. The van der Waals surface area contributed by atoms with Crippen LogP contribution < -0.4 is 10.0 Å². The van der Waals surface area contributed by atoms with Crippen molar-refractivity contribution >= 4 is 27.7 Å². The van der Waals surface area contributed by atoms with Crippen molar-refractivity contribution in [3.05, 3.63) is 29.7 Å². The van der Waals surface area contributed by atoms with Gasteiger partial charge in [0.15, 0.2) is 11.6 Å². The molecule has 0 aliphatic rings. The summed E-state index contributed by atoms with van der Waals surface area (Å²) in [5, 5.41) is 5.68. The van der Waals surface area contributed by atoms with E-state index in [9.17, 15) is 18.0 Å². The van der Waals surface area contributed by atoms with Crippen molar-refractivity contribution in [2.24, 2.45) is 0 Å². The first-order valence-electron chi connectivity index (χ1n) is 6.75. The topological polar surface area (TPSA) is 135 Å². The van der Waals surface area contributed by atoms with Gasteiger partial charge in [-0.05, 0) is 26.1 Å². The molecule has 0 bridgehead atoms. The van der Waals surface area contributed by atoms with E-state index in [0.29, 0.717) is 5.76 Å². The van der Waals surface area contributed by atoms with Gasteiger partial charge in [0.1, 0.15) is 12.3 Å². The summed E-state index contributed by atoms with van der Waals surface area (Å²) < 4.78 is 35.1. The molecule has 0 saturated carbocycles. The Bertz CT molecular complexity index is 853. The molecule has 2 rings (SSSR count). The van der Waals surface area contributed by atoms with Gasteiger partial charge in [0, 0.05) is 13.1 Å². The minimum absolute atomic E-state index is 0.198. The van der Waals surface area contributed by atoms with E-state index in [1.165, 1.54) is 26.2 Å². The zero-order valence-corrected chi connectivity index (χ0v) is 14.0. The lowest BCUT2D eigenvalue weighted by molar-refractivity contribution is -0.116. The number of furan rings is 1. The van der Waals surface area contributed by atoms with E-state index in [4.69, 9.17) is 8.94 Å². The third-order valence-corrected chi connectivity index (χ3v) is 4.24. The summed E-state index contributed by atoms with van der Waals surface area (Å²) in [4.78, 5) is 25.1. The van der Waals surface area contributed by atoms with Gasteiger partial charge in [-0.3, -0.25) is 9.59 Å². The van der Waals surface area contributed by atoms with Crippen LogP contribution in [0.4, 0.5) is 5.82 Å². The van der Waals surface area contributed by atoms with Crippen LogP contribution in [-0.2, 0) is 14.8 Å². The van der Waals surface area contributed by atoms with Crippen molar-refractivity contribution in [3.63, 3.8) is 0 Å². The van der Waals surface area contributed by atoms with E-state index in [1.807, 2.05) is 0 Å². The van der Waals surface area contributed by atoms with Crippen LogP contribution in [0.3, 0.4) is 0 Å². The smallest absolute Gasteiger partial charge is 0.289 e. The number of aromatic nitrogens is 1. The number of carbonyl (C=O) groups excluding carboxylic acids is 2. The molecule has 0 aromatic carbocycles. The number of carbonyl (C=O) groups is 2. The average Bonchev–Trinajstić information content (AvgIpc) is 3.16. The number of rotatable bonds is 6. The number of nitrogens with one attached hydrogen (secondary N) is 2. The Morgan fingerprint density at radius 2 is 2.04 bits per heavy atom. The van der Waals surface area contributed by atoms with Crippen molar-refractivity contribution in [2.45, 2.75) is 12.0 Å². The van der Waals surface area contributed by atoms with Crippen LogP contribution in [-0.4, -0.2) is 50.9 Å². The number of hydrogen-bond acceptors (Lipinski definition) is 7.